The molecule has 4 nitrogen and oxygen atoms in total. The van der Waals surface area contributed by atoms with E-state index < -0.39 is 17.3 Å². The summed E-state index contributed by atoms with van der Waals surface area (Å²) in [7, 11) is 1.35. The van der Waals surface area contributed by atoms with Crippen molar-refractivity contribution in [3.05, 3.63) is 29.8 Å². The number of methoxy groups -OCH3 is 1. The molecule has 2 rings (SSSR count). The largest absolute Gasteiger partial charge is 0.494 e. The van der Waals surface area contributed by atoms with Crippen LogP contribution in [0.2, 0.25) is 0 Å². The molecular weight excluding hydrogens is 325 g/mol. The zero-order chi connectivity index (χ0) is 17.6. The standard InChI is InChI=1S/C17H21F3O4/c1-22-15(21)16(12-24-16)10-4-2-3-5-11-23-14-8-6-13(7-9-14)17(18,19)20/h6-9H,2-5,10-12H2,1H3. The number of rotatable bonds is 9. The van der Waals surface area contributed by atoms with E-state index in [9.17, 15) is 18.0 Å². The van der Waals surface area contributed by atoms with Gasteiger partial charge in [-0.2, -0.15) is 13.2 Å². The number of hydrogen-bond donors (Lipinski definition) is 0. The van der Waals surface area contributed by atoms with Gasteiger partial charge in [0.2, 0.25) is 0 Å². The summed E-state index contributed by atoms with van der Waals surface area (Å²) in [6.07, 6.45) is -0.177. The van der Waals surface area contributed by atoms with Crippen LogP contribution >= 0.6 is 0 Å². The molecule has 1 aliphatic rings. The van der Waals surface area contributed by atoms with Crippen LogP contribution in [-0.2, 0) is 20.4 Å². The van der Waals surface area contributed by atoms with E-state index in [0.29, 0.717) is 25.4 Å². The van der Waals surface area contributed by atoms with Crippen molar-refractivity contribution in [2.75, 3.05) is 20.3 Å². The Bertz CT molecular complexity index is 536. The Labute approximate surface area is 138 Å². The zero-order valence-electron chi connectivity index (χ0n) is 13.5. The van der Waals surface area contributed by atoms with Crippen LogP contribution in [0.4, 0.5) is 13.2 Å². The maximum Gasteiger partial charge on any atom is 0.416 e. The number of esters is 1. The number of unbranched alkanes of at least 4 members (excludes halogenated alkanes) is 3. The van der Waals surface area contributed by atoms with Gasteiger partial charge in [0.05, 0.1) is 25.9 Å². The summed E-state index contributed by atoms with van der Waals surface area (Å²) < 4.78 is 52.6. The van der Waals surface area contributed by atoms with Crippen molar-refractivity contribution in [3.8, 4) is 5.75 Å². The Kier molecular flexibility index (Phi) is 6.10. The third kappa shape index (κ3) is 5.12. The third-order valence-electron chi connectivity index (χ3n) is 3.98. The van der Waals surface area contributed by atoms with Crippen molar-refractivity contribution in [1.82, 2.24) is 0 Å². The minimum Gasteiger partial charge on any atom is -0.494 e. The van der Waals surface area contributed by atoms with Gasteiger partial charge in [0.25, 0.3) is 0 Å². The van der Waals surface area contributed by atoms with Crippen LogP contribution in [0.3, 0.4) is 0 Å². The van der Waals surface area contributed by atoms with Crippen molar-refractivity contribution in [2.24, 2.45) is 0 Å². The van der Waals surface area contributed by atoms with Crippen LogP contribution in [-0.4, -0.2) is 31.9 Å². The SMILES string of the molecule is COC(=O)C1(CCCCCCOc2ccc(C(F)(F)F)cc2)CO1. The van der Waals surface area contributed by atoms with Crippen LogP contribution in [0.15, 0.2) is 24.3 Å². The summed E-state index contributed by atoms with van der Waals surface area (Å²) in [5.41, 5.74) is -1.40. The highest BCUT2D eigenvalue weighted by molar-refractivity contribution is 5.82. The van der Waals surface area contributed by atoms with E-state index in [1.165, 1.54) is 19.2 Å². The van der Waals surface area contributed by atoms with E-state index in [-0.39, 0.29) is 5.97 Å². The lowest BCUT2D eigenvalue weighted by atomic mass is 10.0. The third-order valence-corrected chi connectivity index (χ3v) is 3.98. The summed E-state index contributed by atoms with van der Waals surface area (Å²) in [5.74, 6) is 0.118. The van der Waals surface area contributed by atoms with E-state index in [1.807, 2.05) is 0 Å². The van der Waals surface area contributed by atoms with Crippen molar-refractivity contribution in [2.45, 2.75) is 43.9 Å². The summed E-state index contributed by atoms with van der Waals surface area (Å²) >= 11 is 0. The van der Waals surface area contributed by atoms with Gasteiger partial charge in [0.1, 0.15) is 5.75 Å². The molecule has 0 N–H and O–H groups in total. The quantitative estimate of drug-likeness (QED) is 0.386. The molecule has 0 radical (unpaired) electrons. The van der Waals surface area contributed by atoms with Gasteiger partial charge in [0, 0.05) is 0 Å². The fourth-order valence-electron chi connectivity index (χ4n) is 2.43. The number of halogens is 3. The number of carbonyl (C=O) groups is 1. The molecule has 0 aliphatic carbocycles. The molecule has 1 aromatic rings. The van der Waals surface area contributed by atoms with Gasteiger partial charge in [-0.3, -0.25) is 0 Å². The summed E-state index contributed by atoms with van der Waals surface area (Å²) in [6, 6.07) is 4.68. The average Bonchev–Trinajstić information content (AvgIpc) is 3.34. The van der Waals surface area contributed by atoms with Crippen LogP contribution in [0, 0.1) is 0 Å². The first-order chi connectivity index (χ1) is 11.4. The summed E-state index contributed by atoms with van der Waals surface area (Å²) in [6.45, 7) is 0.876. The van der Waals surface area contributed by atoms with Gasteiger partial charge in [-0.25, -0.2) is 4.79 Å². The molecule has 1 fully saturated rings. The van der Waals surface area contributed by atoms with Gasteiger partial charge >= 0.3 is 12.1 Å². The number of hydrogen-bond acceptors (Lipinski definition) is 4. The first kappa shape index (κ1) is 18.6. The summed E-state index contributed by atoms with van der Waals surface area (Å²) in [4.78, 5) is 11.5. The monoisotopic (exact) mass is 346 g/mol. The van der Waals surface area contributed by atoms with Crippen molar-refractivity contribution >= 4 is 5.97 Å². The molecule has 0 aromatic heterocycles. The van der Waals surface area contributed by atoms with Crippen LogP contribution < -0.4 is 4.74 Å². The first-order valence-electron chi connectivity index (χ1n) is 7.90. The molecule has 1 aliphatic heterocycles. The highest BCUT2D eigenvalue weighted by atomic mass is 19.4. The smallest absolute Gasteiger partial charge is 0.416 e. The zero-order valence-corrected chi connectivity index (χ0v) is 13.5. The topological polar surface area (TPSA) is 48.1 Å². The average molecular weight is 346 g/mol. The lowest BCUT2D eigenvalue weighted by Crippen LogP contribution is -2.25. The van der Waals surface area contributed by atoms with Crippen molar-refractivity contribution < 1.29 is 32.2 Å². The van der Waals surface area contributed by atoms with Crippen LogP contribution in [0.1, 0.15) is 37.7 Å². The minimum atomic E-state index is -4.33. The fraction of sp³-hybridized carbons (Fsp3) is 0.588. The summed E-state index contributed by atoms with van der Waals surface area (Å²) in [5, 5.41) is 0. The molecule has 1 atom stereocenters. The lowest BCUT2D eigenvalue weighted by molar-refractivity contribution is -0.147. The van der Waals surface area contributed by atoms with E-state index >= 15 is 0 Å². The Morgan fingerprint density at radius 1 is 1.17 bits per heavy atom. The molecule has 1 heterocycles. The molecule has 1 saturated heterocycles. The van der Waals surface area contributed by atoms with Crippen LogP contribution in [0.5, 0.6) is 5.75 Å². The number of epoxide rings is 1. The van der Waals surface area contributed by atoms with Gasteiger partial charge in [0.15, 0.2) is 5.60 Å². The predicted molar refractivity (Wildman–Crippen MR) is 80.7 cm³/mol. The number of benzene rings is 1. The second kappa shape index (κ2) is 7.88. The minimum absolute atomic E-state index is 0.312. The normalized spacial score (nSPS) is 19.8. The van der Waals surface area contributed by atoms with E-state index in [1.54, 1.807) is 0 Å². The fourth-order valence-corrected chi connectivity index (χ4v) is 2.43. The molecule has 24 heavy (non-hydrogen) atoms. The van der Waals surface area contributed by atoms with Crippen molar-refractivity contribution in [3.63, 3.8) is 0 Å². The van der Waals surface area contributed by atoms with Gasteiger partial charge in [-0.05, 0) is 43.5 Å². The van der Waals surface area contributed by atoms with Gasteiger partial charge < -0.3 is 14.2 Å². The second-order valence-electron chi connectivity index (χ2n) is 5.81. The van der Waals surface area contributed by atoms with Gasteiger partial charge in [-0.1, -0.05) is 12.8 Å². The van der Waals surface area contributed by atoms with E-state index in [2.05, 4.69) is 0 Å². The van der Waals surface area contributed by atoms with Crippen molar-refractivity contribution in [1.29, 1.82) is 0 Å². The van der Waals surface area contributed by atoms with Crippen LogP contribution in [0.25, 0.3) is 0 Å². The van der Waals surface area contributed by atoms with E-state index in [4.69, 9.17) is 14.2 Å². The highest BCUT2D eigenvalue weighted by Crippen LogP contribution is 2.34. The molecule has 0 amide bonds. The molecule has 0 spiro atoms. The van der Waals surface area contributed by atoms with E-state index in [0.717, 1.165) is 37.8 Å². The maximum atomic E-state index is 12.4. The Hall–Kier alpha value is -1.76. The number of carbonyl (C=O) groups excluding carboxylic acids is 1. The Morgan fingerprint density at radius 2 is 1.79 bits per heavy atom. The molecule has 1 unspecified atom stereocenters. The number of alkyl halides is 3. The Balaban J connectivity index is 1.56. The molecule has 7 heteroatoms. The molecule has 0 saturated carbocycles. The maximum absolute atomic E-state index is 12.4. The highest BCUT2D eigenvalue weighted by Gasteiger charge is 2.52. The predicted octanol–water partition coefficient (Wildman–Crippen LogP) is 3.98. The number of ether oxygens (including phenoxy) is 3. The van der Waals surface area contributed by atoms with Gasteiger partial charge in [-0.15, -0.1) is 0 Å². The Morgan fingerprint density at radius 3 is 2.33 bits per heavy atom. The molecule has 0 bridgehead atoms. The molecule has 1 aromatic carbocycles. The molecular formula is C17H21F3O4. The molecule has 134 valence electrons. The lowest BCUT2D eigenvalue weighted by Gasteiger charge is -2.10. The second-order valence-corrected chi connectivity index (χ2v) is 5.81. The first-order valence-corrected chi connectivity index (χ1v) is 7.90.